The molecule has 0 spiro atoms. The van der Waals surface area contributed by atoms with Crippen molar-refractivity contribution >= 4 is 50.6 Å². The molecule has 3 aromatic rings. The summed E-state index contributed by atoms with van der Waals surface area (Å²) in [6.07, 6.45) is 1.27. The number of carbonyl (C=O) groups excluding carboxylic acids is 2. The van der Waals surface area contributed by atoms with Gasteiger partial charge in [0.1, 0.15) is 5.15 Å². The Bertz CT molecular complexity index is 991. The molecule has 0 aliphatic carbocycles. The van der Waals surface area contributed by atoms with Crippen LogP contribution in [0.25, 0.3) is 10.9 Å². The highest BCUT2D eigenvalue weighted by molar-refractivity contribution is 9.10. The summed E-state index contributed by atoms with van der Waals surface area (Å²) in [5.74, 6) is -0.193. The summed E-state index contributed by atoms with van der Waals surface area (Å²) in [5, 5.41) is 1.43. The van der Waals surface area contributed by atoms with Gasteiger partial charge in [0, 0.05) is 29.0 Å². The van der Waals surface area contributed by atoms with Crippen molar-refractivity contribution in [3.63, 3.8) is 0 Å². The number of nitrogens with zero attached hydrogens (tertiary/aromatic N) is 2. The maximum absolute atomic E-state index is 12.6. The molecule has 28 heavy (non-hydrogen) atoms. The Balaban J connectivity index is 0.00000136. The van der Waals surface area contributed by atoms with Gasteiger partial charge in [-0.1, -0.05) is 65.6 Å². The molecular formula is C22H22BrClN2O2. The molecule has 0 unspecified atom stereocenters. The molecule has 0 aliphatic heterocycles. The van der Waals surface area contributed by atoms with Gasteiger partial charge in [0.05, 0.1) is 11.1 Å². The lowest BCUT2D eigenvalue weighted by atomic mass is 10.1. The van der Waals surface area contributed by atoms with Crippen molar-refractivity contribution < 1.29 is 9.59 Å². The van der Waals surface area contributed by atoms with Crippen LogP contribution in [-0.2, 0) is 6.42 Å². The summed E-state index contributed by atoms with van der Waals surface area (Å²) >= 11 is 9.73. The predicted octanol–water partition coefficient (Wildman–Crippen LogP) is 5.80. The zero-order valence-corrected chi connectivity index (χ0v) is 18.4. The van der Waals surface area contributed by atoms with Gasteiger partial charge in [-0.25, -0.2) is 4.98 Å². The van der Waals surface area contributed by atoms with Gasteiger partial charge in [-0.05, 0) is 36.2 Å². The van der Waals surface area contributed by atoms with E-state index in [0.29, 0.717) is 35.5 Å². The highest BCUT2D eigenvalue weighted by Gasteiger charge is 2.16. The minimum atomic E-state index is -0.193. The second kappa shape index (κ2) is 10.3. The van der Waals surface area contributed by atoms with E-state index in [0.717, 1.165) is 20.9 Å². The molecule has 0 aliphatic rings. The van der Waals surface area contributed by atoms with Crippen LogP contribution in [0.4, 0.5) is 0 Å². The number of pyridine rings is 1. The van der Waals surface area contributed by atoms with Crippen LogP contribution in [0.5, 0.6) is 0 Å². The van der Waals surface area contributed by atoms with Crippen LogP contribution in [0.3, 0.4) is 0 Å². The molecule has 0 radical (unpaired) electrons. The third kappa shape index (κ3) is 5.18. The van der Waals surface area contributed by atoms with Crippen molar-refractivity contribution in [1.29, 1.82) is 0 Å². The lowest BCUT2D eigenvalue weighted by Crippen LogP contribution is -2.29. The number of rotatable bonds is 5. The summed E-state index contributed by atoms with van der Waals surface area (Å²) in [6.45, 7) is 4.47. The Morgan fingerprint density at radius 2 is 1.89 bits per heavy atom. The number of fused-ring (bicyclic) bond motifs is 1. The second-order valence-corrected chi connectivity index (χ2v) is 7.23. The highest BCUT2D eigenvalue weighted by Crippen LogP contribution is 2.24. The van der Waals surface area contributed by atoms with E-state index in [-0.39, 0.29) is 5.91 Å². The summed E-state index contributed by atoms with van der Waals surface area (Å²) in [6, 6.07) is 14.6. The topological polar surface area (TPSA) is 50.3 Å². The summed E-state index contributed by atoms with van der Waals surface area (Å²) < 4.78 is 0.945. The van der Waals surface area contributed by atoms with Crippen LogP contribution < -0.4 is 0 Å². The zero-order chi connectivity index (χ0) is 20.7. The molecule has 0 saturated heterocycles. The number of amides is 1. The molecule has 2 aromatic carbocycles. The Labute approximate surface area is 178 Å². The lowest BCUT2D eigenvalue weighted by Gasteiger charge is -2.18. The SMILES string of the molecule is CC.CN(CCc1cc2ccc(Br)cc2nc1Cl)C(=O)c1ccccc1C=O. The first-order valence-electron chi connectivity index (χ1n) is 9.04. The number of hydrogen-bond donors (Lipinski definition) is 0. The van der Waals surface area contributed by atoms with Gasteiger partial charge in [0.2, 0.25) is 0 Å². The van der Waals surface area contributed by atoms with Gasteiger partial charge in [-0.3, -0.25) is 9.59 Å². The average Bonchev–Trinajstić information content (AvgIpc) is 2.72. The number of aldehydes is 1. The maximum atomic E-state index is 12.6. The van der Waals surface area contributed by atoms with Crippen molar-refractivity contribution in [2.45, 2.75) is 20.3 Å². The smallest absolute Gasteiger partial charge is 0.254 e. The Kier molecular flexibility index (Phi) is 8.15. The van der Waals surface area contributed by atoms with Crippen LogP contribution in [-0.4, -0.2) is 35.7 Å². The number of aromatic nitrogens is 1. The van der Waals surface area contributed by atoms with Crippen LogP contribution in [0.15, 0.2) is 53.0 Å². The van der Waals surface area contributed by atoms with Crippen LogP contribution >= 0.6 is 27.5 Å². The van der Waals surface area contributed by atoms with Gasteiger partial charge < -0.3 is 4.90 Å². The third-order valence-corrected chi connectivity index (χ3v) is 5.01. The Hall–Kier alpha value is -2.24. The predicted molar refractivity (Wildman–Crippen MR) is 118 cm³/mol. The van der Waals surface area contributed by atoms with E-state index >= 15 is 0 Å². The van der Waals surface area contributed by atoms with Gasteiger partial charge in [0.15, 0.2) is 6.29 Å². The molecule has 0 atom stereocenters. The third-order valence-electron chi connectivity index (χ3n) is 4.19. The summed E-state index contributed by atoms with van der Waals surface area (Å²) in [7, 11) is 1.71. The van der Waals surface area contributed by atoms with E-state index in [1.54, 1.807) is 36.2 Å². The van der Waals surface area contributed by atoms with Crippen molar-refractivity contribution in [3.8, 4) is 0 Å². The van der Waals surface area contributed by atoms with Gasteiger partial charge in [-0.15, -0.1) is 0 Å². The summed E-state index contributed by atoms with van der Waals surface area (Å²) in [4.78, 5) is 29.7. The molecular weight excluding hydrogens is 440 g/mol. The molecule has 0 fully saturated rings. The number of likely N-dealkylation sites (N-methyl/N-ethyl adjacent to an activating group) is 1. The van der Waals surface area contributed by atoms with E-state index in [1.165, 1.54) is 0 Å². The molecule has 0 N–H and O–H groups in total. The normalized spacial score (nSPS) is 10.2. The molecule has 6 heteroatoms. The monoisotopic (exact) mass is 460 g/mol. The molecule has 0 bridgehead atoms. The highest BCUT2D eigenvalue weighted by atomic mass is 79.9. The fraction of sp³-hybridized carbons (Fsp3) is 0.227. The molecule has 1 heterocycles. The molecule has 146 valence electrons. The van der Waals surface area contributed by atoms with E-state index in [9.17, 15) is 9.59 Å². The zero-order valence-electron chi connectivity index (χ0n) is 16.1. The fourth-order valence-electron chi connectivity index (χ4n) is 2.73. The van der Waals surface area contributed by atoms with Crippen molar-refractivity contribution in [1.82, 2.24) is 9.88 Å². The molecule has 1 amide bonds. The van der Waals surface area contributed by atoms with Crippen molar-refractivity contribution in [2.75, 3.05) is 13.6 Å². The number of benzene rings is 2. The molecule has 1 aromatic heterocycles. The minimum absolute atomic E-state index is 0.193. The van der Waals surface area contributed by atoms with E-state index in [2.05, 4.69) is 20.9 Å². The van der Waals surface area contributed by atoms with Crippen molar-refractivity contribution in [3.05, 3.63) is 74.8 Å². The van der Waals surface area contributed by atoms with E-state index < -0.39 is 0 Å². The number of carbonyl (C=O) groups is 2. The minimum Gasteiger partial charge on any atom is -0.341 e. The fourth-order valence-corrected chi connectivity index (χ4v) is 3.31. The standard InChI is InChI=1S/C20H16BrClN2O2.C2H6/c1-24(20(26)17-5-3-2-4-15(17)12-25)9-8-14-10-13-6-7-16(21)11-18(13)23-19(14)22;1-2/h2-7,10-12H,8-9H2,1H3;1-2H3. The number of hydrogen-bond acceptors (Lipinski definition) is 3. The quantitative estimate of drug-likeness (QED) is 0.356. The Morgan fingerprint density at radius 3 is 2.61 bits per heavy atom. The number of halogens is 2. The van der Waals surface area contributed by atoms with Crippen LogP contribution in [0.1, 0.15) is 40.1 Å². The van der Waals surface area contributed by atoms with Gasteiger partial charge in [0.25, 0.3) is 5.91 Å². The molecule has 0 saturated carbocycles. The van der Waals surface area contributed by atoms with Crippen molar-refractivity contribution in [2.24, 2.45) is 0 Å². The first-order chi connectivity index (χ1) is 13.5. The van der Waals surface area contributed by atoms with E-state index in [1.807, 2.05) is 38.1 Å². The second-order valence-electron chi connectivity index (χ2n) is 5.96. The Morgan fingerprint density at radius 1 is 1.18 bits per heavy atom. The summed E-state index contributed by atoms with van der Waals surface area (Å²) in [5.41, 5.74) is 2.49. The lowest BCUT2D eigenvalue weighted by molar-refractivity contribution is 0.0793. The van der Waals surface area contributed by atoms with Gasteiger partial charge in [-0.2, -0.15) is 0 Å². The van der Waals surface area contributed by atoms with E-state index in [4.69, 9.17) is 11.6 Å². The maximum Gasteiger partial charge on any atom is 0.254 e. The van der Waals surface area contributed by atoms with Crippen LogP contribution in [0.2, 0.25) is 5.15 Å². The molecule has 3 rings (SSSR count). The average molecular weight is 462 g/mol. The molecule has 4 nitrogen and oxygen atoms in total. The largest absolute Gasteiger partial charge is 0.341 e. The van der Waals surface area contributed by atoms with Crippen LogP contribution in [0, 0.1) is 0 Å². The first-order valence-corrected chi connectivity index (χ1v) is 10.2. The van der Waals surface area contributed by atoms with Gasteiger partial charge >= 0.3 is 0 Å². The first kappa shape index (κ1) is 22.1.